The molecule has 1 aromatic heterocycles. The van der Waals surface area contributed by atoms with Crippen LogP contribution < -0.4 is 0 Å². The van der Waals surface area contributed by atoms with Crippen LogP contribution in [0.25, 0.3) is 6.08 Å². The standard InChI is InChI=1S/C16H12F6N4O/c17-10-7-12(19)11(18)6-9(10)2-1-3-14(27)25-4-5-26-13(8-25)23-24-15(26)16(20,21)22/h1-2,6-7H,3-5,8H2/b2-1-. The Morgan fingerprint density at radius 1 is 1.07 bits per heavy atom. The van der Waals surface area contributed by atoms with Crippen LogP contribution in [0, 0.1) is 17.5 Å². The van der Waals surface area contributed by atoms with Crippen LogP contribution in [0.5, 0.6) is 0 Å². The van der Waals surface area contributed by atoms with Gasteiger partial charge < -0.3 is 9.47 Å². The fraction of sp³-hybridized carbons (Fsp3) is 0.312. The van der Waals surface area contributed by atoms with Crippen molar-refractivity contribution in [3.05, 3.63) is 52.9 Å². The highest BCUT2D eigenvalue weighted by Crippen LogP contribution is 2.29. The van der Waals surface area contributed by atoms with E-state index in [0.717, 1.165) is 10.6 Å². The van der Waals surface area contributed by atoms with Crippen molar-refractivity contribution in [1.29, 1.82) is 0 Å². The lowest BCUT2D eigenvalue weighted by Gasteiger charge is -2.27. The smallest absolute Gasteiger partial charge is 0.333 e. The lowest BCUT2D eigenvalue weighted by Crippen LogP contribution is -2.39. The topological polar surface area (TPSA) is 51.0 Å². The van der Waals surface area contributed by atoms with Crippen LogP contribution in [0.15, 0.2) is 18.2 Å². The van der Waals surface area contributed by atoms with E-state index in [9.17, 15) is 31.1 Å². The molecule has 0 N–H and O–H groups in total. The maximum Gasteiger partial charge on any atom is 0.451 e. The lowest BCUT2D eigenvalue weighted by atomic mass is 10.1. The molecule has 0 saturated carbocycles. The monoisotopic (exact) mass is 390 g/mol. The van der Waals surface area contributed by atoms with E-state index in [1.54, 1.807) is 0 Å². The molecule has 0 radical (unpaired) electrons. The highest BCUT2D eigenvalue weighted by atomic mass is 19.4. The predicted octanol–water partition coefficient (Wildman–Crippen LogP) is 3.16. The predicted molar refractivity (Wildman–Crippen MR) is 80.4 cm³/mol. The van der Waals surface area contributed by atoms with Gasteiger partial charge in [-0.15, -0.1) is 10.2 Å². The van der Waals surface area contributed by atoms with Crippen LogP contribution in [0.3, 0.4) is 0 Å². The van der Waals surface area contributed by atoms with Gasteiger partial charge in [-0.1, -0.05) is 12.2 Å². The summed E-state index contributed by atoms with van der Waals surface area (Å²) in [5.41, 5.74) is -0.227. The van der Waals surface area contributed by atoms with Crippen molar-refractivity contribution in [2.75, 3.05) is 6.54 Å². The molecule has 5 nitrogen and oxygen atoms in total. The van der Waals surface area contributed by atoms with Crippen molar-refractivity contribution in [3.63, 3.8) is 0 Å². The molecule has 0 fully saturated rings. The number of rotatable bonds is 3. The zero-order chi connectivity index (χ0) is 19.8. The Hall–Kier alpha value is -2.85. The van der Waals surface area contributed by atoms with E-state index < -0.39 is 35.4 Å². The Bertz CT molecular complexity index is 905. The first-order chi connectivity index (χ1) is 12.7. The molecular weight excluding hydrogens is 378 g/mol. The summed E-state index contributed by atoms with van der Waals surface area (Å²) in [6.45, 7) is -0.222. The summed E-state index contributed by atoms with van der Waals surface area (Å²) in [5.74, 6) is -5.06. The molecule has 1 aromatic carbocycles. The fourth-order valence-corrected chi connectivity index (χ4v) is 2.66. The number of hydrogen-bond acceptors (Lipinski definition) is 3. The van der Waals surface area contributed by atoms with E-state index in [1.165, 1.54) is 11.0 Å². The van der Waals surface area contributed by atoms with Gasteiger partial charge in [0.2, 0.25) is 11.7 Å². The highest BCUT2D eigenvalue weighted by molar-refractivity contribution is 5.78. The number of carbonyl (C=O) groups excluding carboxylic acids is 1. The van der Waals surface area contributed by atoms with Crippen LogP contribution in [-0.2, 0) is 24.1 Å². The Balaban J connectivity index is 1.65. The highest BCUT2D eigenvalue weighted by Gasteiger charge is 2.39. The average molecular weight is 390 g/mol. The molecule has 0 aliphatic carbocycles. The Morgan fingerprint density at radius 3 is 2.48 bits per heavy atom. The molecule has 144 valence electrons. The lowest BCUT2D eigenvalue weighted by molar-refractivity contribution is -0.148. The number of hydrogen-bond donors (Lipinski definition) is 0. The van der Waals surface area contributed by atoms with E-state index in [1.807, 2.05) is 0 Å². The van der Waals surface area contributed by atoms with Gasteiger partial charge in [0.05, 0.1) is 6.54 Å². The van der Waals surface area contributed by atoms with Gasteiger partial charge in [-0.2, -0.15) is 13.2 Å². The molecule has 2 heterocycles. The van der Waals surface area contributed by atoms with Gasteiger partial charge in [0.15, 0.2) is 17.5 Å². The molecule has 1 aliphatic rings. The van der Waals surface area contributed by atoms with E-state index >= 15 is 0 Å². The SMILES string of the molecule is O=C(C/C=C\c1cc(F)c(F)cc1F)N1CCn2c(nnc2C(F)(F)F)C1. The third-order valence-corrected chi connectivity index (χ3v) is 3.99. The van der Waals surface area contributed by atoms with Crippen molar-refractivity contribution < 1.29 is 31.1 Å². The zero-order valence-corrected chi connectivity index (χ0v) is 13.6. The van der Waals surface area contributed by atoms with E-state index in [-0.39, 0.29) is 37.4 Å². The molecule has 0 unspecified atom stereocenters. The minimum absolute atomic E-state index is 0.0116. The van der Waals surface area contributed by atoms with Crippen molar-refractivity contribution in [2.24, 2.45) is 0 Å². The van der Waals surface area contributed by atoms with Gasteiger partial charge in [-0.25, -0.2) is 13.2 Å². The third-order valence-electron chi connectivity index (χ3n) is 3.99. The van der Waals surface area contributed by atoms with E-state index in [2.05, 4.69) is 10.2 Å². The molecule has 0 bridgehead atoms. The second-order valence-corrected chi connectivity index (χ2v) is 5.80. The summed E-state index contributed by atoms with van der Waals surface area (Å²) in [6.07, 6.45) is -2.43. The molecule has 1 aliphatic heterocycles. The maximum absolute atomic E-state index is 13.5. The van der Waals surface area contributed by atoms with Crippen LogP contribution in [0.1, 0.15) is 23.6 Å². The van der Waals surface area contributed by atoms with Crippen LogP contribution in [0.4, 0.5) is 26.3 Å². The molecule has 0 saturated heterocycles. The number of amides is 1. The molecule has 0 spiro atoms. The number of carbonyl (C=O) groups is 1. The summed E-state index contributed by atoms with van der Waals surface area (Å²) in [4.78, 5) is 13.5. The summed E-state index contributed by atoms with van der Waals surface area (Å²) in [5, 5.41) is 6.59. The summed E-state index contributed by atoms with van der Waals surface area (Å²) in [7, 11) is 0. The van der Waals surface area contributed by atoms with Crippen molar-refractivity contribution in [2.45, 2.75) is 25.7 Å². The Kier molecular flexibility index (Phi) is 4.94. The molecule has 27 heavy (non-hydrogen) atoms. The van der Waals surface area contributed by atoms with Gasteiger partial charge in [0, 0.05) is 31.1 Å². The van der Waals surface area contributed by atoms with Gasteiger partial charge in [-0.3, -0.25) is 4.79 Å². The molecule has 1 amide bonds. The van der Waals surface area contributed by atoms with Crippen molar-refractivity contribution in [3.8, 4) is 0 Å². The first kappa shape index (κ1) is 18.9. The van der Waals surface area contributed by atoms with Crippen molar-refractivity contribution >= 4 is 12.0 Å². The number of alkyl halides is 3. The second-order valence-electron chi connectivity index (χ2n) is 5.80. The molecule has 0 atom stereocenters. The summed E-state index contributed by atoms with van der Waals surface area (Å²) >= 11 is 0. The number of fused-ring (bicyclic) bond motifs is 1. The van der Waals surface area contributed by atoms with Crippen molar-refractivity contribution in [1.82, 2.24) is 19.7 Å². The Morgan fingerprint density at radius 2 is 1.78 bits per heavy atom. The summed E-state index contributed by atoms with van der Waals surface area (Å²) < 4.78 is 78.8. The number of nitrogens with zero attached hydrogens (tertiary/aromatic N) is 4. The first-order valence-electron chi connectivity index (χ1n) is 7.75. The third kappa shape index (κ3) is 3.96. The van der Waals surface area contributed by atoms with Crippen LogP contribution in [0.2, 0.25) is 0 Å². The van der Waals surface area contributed by atoms with Gasteiger partial charge in [0.1, 0.15) is 5.82 Å². The largest absolute Gasteiger partial charge is 0.451 e. The molecule has 3 rings (SSSR count). The number of aromatic nitrogens is 3. The molecular formula is C16H12F6N4O. The van der Waals surface area contributed by atoms with E-state index in [0.29, 0.717) is 12.1 Å². The average Bonchev–Trinajstić information content (AvgIpc) is 3.02. The normalized spacial score (nSPS) is 14.7. The Labute approximate surface area is 148 Å². The minimum Gasteiger partial charge on any atom is -0.333 e. The van der Waals surface area contributed by atoms with E-state index in [4.69, 9.17) is 0 Å². The van der Waals surface area contributed by atoms with Crippen LogP contribution >= 0.6 is 0 Å². The van der Waals surface area contributed by atoms with Gasteiger partial charge in [0.25, 0.3) is 0 Å². The summed E-state index contributed by atoms with van der Waals surface area (Å²) in [6, 6.07) is 1.06. The number of halogens is 6. The zero-order valence-electron chi connectivity index (χ0n) is 13.6. The quantitative estimate of drug-likeness (QED) is 0.598. The minimum atomic E-state index is -4.63. The van der Waals surface area contributed by atoms with Gasteiger partial charge >= 0.3 is 6.18 Å². The maximum atomic E-state index is 13.5. The molecule has 2 aromatic rings. The molecule has 11 heteroatoms. The van der Waals surface area contributed by atoms with Gasteiger partial charge in [-0.05, 0) is 6.07 Å². The van der Waals surface area contributed by atoms with Crippen LogP contribution in [-0.4, -0.2) is 32.1 Å². The number of benzene rings is 1. The first-order valence-corrected chi connectivity index (χ1v) is 7.75. The fourth-order valence-electron chi connectivity index (χ4n) is 2.66. The second kappa shape index (κ2) is 7.05.